The van der Waals surface area contributed by atoms with Crippen molar-refractivity contribution in [2.24, 2.45) is 11.8 Å². The molecule has 25 heavy (non-hydrogen) atoms. The Hall–Kier alpha value is -1.92. The van der Waals surface area contributed by atoms with E-state index >= 15 is 0 Å². The highest BCUT2D eigenvalue weighted by Gasteiger charge is 2.22. The van der Waals surface area contributed by atoms with Crippen molar-refractivity contribution in [3.8, 4) is 5.69 Å². The molecule has 2 N–H and O–H groups in total. The van der Waals surface area contributed by atoms with Crippen LogP contribution in [0.2, 0.25) is 0 Å². The Kier molecular flexibility index (Phi) is 7.40. The molecule has 7 heteroatoms. The van der Waals surface area contributed by atoms with Crippen LogP contribution in [0.3, 0.4) is 0 Å². The lowest BCUT2D eigenvalue weighted by atomic mass is 9.85. The minimum Gasteiger partial charge on any atom is -0.349 e. The molecular formula is C18H26ClN5O. The van der Waals surface area contributed by atoms with Crippen molar-refractivity contribution in [2.45, 2.75) is 32.7 Å². The zero-order valence-corrected chi connectivity index (χ0v) is 15.3. The van der Waals surface area contributed by atoms with Gasteiger partial charge in [-0.25, -0.2) is 0 Å². The predicted molar refractivity (Wildman–Crippen MR) is 99.8 cm³/mol. The summed E-state index contributed by atoms with van der Waals surface area (Å²) in [7, 11) is 0. The number of aromatic nitrogens is 3. The fourth-order valence-electron chi connectivity index (χ4n) is 3.26. The molecule has 2 heterocycles. The summed E-state index contributed by atoms with van der Waals surface area (Å²) in [6, 6.07) is 9.89. The number of rotatable bonds is 6. The van der Waals surface area contributed by atoms with Gasteiger partial charge in [-0.1, -0.05) is 25.1 Å². The van der Waals surface area contributed by atoms with Crippen LogP contribution in [0.15, 0.2) is 36.7 Å². The minimum atomic E-state index is 0. The Labute approximate surface area is 154 Å². The fraction of sp³-hybridized carbons (Fsp3) is 0.500. The molecule has 0 saturated carbocycles. The highest BCUT2D eigenvalue weighted by molar-refractivity contribution is 5.85. The number of nitrogens with one attached hydrogen (secondary N) is 2. The van der Waals surface area contributed by atoms with Gasteiger partial charge >= 0.3 is 0 Å². The molecule has 1 fully saturated rings. The van der Waals surface area contributed by atoms with Crippen LogP contribution in [0.4, 0.5) is 0 Å². The topological polar surface area (TPSA) is 71.8 Å². The van der Waals surface area contributed by atoms with Crippen molar-refractivity contribution in [1.82, 2.24) is 25.4 Å². The van der Waals surface area contributed by atoms with E-state index in [1.54, 1.807) is 6.33 Å². The van der Waals surface area contributed by atoms with E-state index in [1.807, 2.05) is 34.9 Å². The van der Waals surface area contributed by atoms with Crippen molar-refractivity contribution in [3.05, 3.63) is 42.5 Å². The maximum Gasteiger partial charge on any atom is 0.220 e. The summed E-state index contributed by atoms with van der Waals surface area (Å²) in [4.78, 5) is 12.3. The van der Waals surface area contributed by atoms with Gasteiger partial charge in [-0.15, -0.1) is 22.6 Å². The molecule has 0 aliphatic carbocycles. The Bertz CT molecular complexity index is 654. The highest BCUT2D eigenvalue weighted by atomic mass is 35.5. The zero-order valence-electron chi connectivity index (χ0n) is 14.5. The quantitative estimate of drug-likeness (QED) is 0.826. The molecule has 2 unspecified atom stereocenters. The van der Waals surface area contributed by atoms with E-state index < -0.39 is 0 Å². The van der Waals surface area contributed by atoms with Crippen LogP contribution in [0.25, 0.3) is 5.69 Å². The molecule has 3 rings (SSSR count). The molecule has 2 atom stereocenters. The van der Waals surface area contributed by atoms with Gasteiger partial charge in [0, 0.05) is 12.1 Å². The molecule has 2 aromatic rings. The van der Waals surface area contributed by atoms with Crippen molar-refractivity contribution in [2.75, 3.05) is 13.1 Å². The Morgan fingerprint density at radius 3 is 2.92 bits per heavy atom. The summed E-state index contributed by atoms with van der Waals surface area (Å²) in [6.07, 6.45) is 4.65. The van der Waals surface area contributed by atoms with Gasteiger partial charge < -0.3 is 10.6 Å². The smallest absolute Gasteiger partial charge is 0.220 e. The predicted octanol–water partition coefficient (Wildman–Crippen LogP) is 2.33. The second-order valence-electron chi connectivity index (χ2n) is 6.52. The normalized spacial score (nSPS) is 18.2. The lowest BCUT2D eigenvalue weighted by Gasteiger charge is -2.28. The first-order valence-corrected chi connectivity index (χ1v) is 8.66. The monoisotopic (exact) mass is 363 g/mol. The summed E-state index contributed by atoms with van der Waals surface area (Å²) in [5.41, 5.74) is 0.994. The Morgan fingerprint density at radius 2 is 2.20 bits per heavy atom. The van der Waals surface area contributed by atoms with Gasteiger partial charge in [0.1, 0.15) is 6.33 Å². The van der Waals surface area contributed by atoms with Crippen molar-refractivity contribution in [3.63, 3.8) is 0 Å². The SMILES string of the molecule is CC(CC(=O)NCc1nncn1-c1ccccc1)C1CCCNC1.Cl. The van der Waals surface area contributed by atoms with Crippen molar-refractivity contribution >= 4 is 18.3 Å². The molecular weight excluding hydrogens is 338 g/mol. The highest BCUT2D eigenvalue weighted by Crippen LogP contribution is 2.22. The molecule has 0 radical (unpaired) electrons. The second kappa shape index (κ2) is 9.53. The van der Waals surface area contributed by atoms with Crippen LogP contribution < -0.4 is 10.6 Å². The molecule has 6 nitrogen and oxygen atoms in total. The van der Waals surface area contributed by atoms with Crippen molar-refractivity contribution in [1.29, 1.82) is 0 Å². The molecule has 136 valence electrons. The van der Waals surface area contributed by atoms with E-state index in [2.05, 4.69) is 27.8 Å². The molecule has 1 saturated heterocycles. The van der Waals surface area contributed by atoms with E-state index in [-0.39, 0.29) is 18.3 Å². The van der Waals surface area contributed by atoms with E-state index in [4.69, 9.17) is 0 Å². The van der Waals surface area contributed by atoms with Crippen LogP contribution in [0.5, 0.6) is 0 Å². The number of halogens is 1. The number of hydrogen-bond acceptors (Lipinski definition) is 4. The third kappa shape index (κ3) is 5.28. The standard InChI is InChI=1S/C18H25N5O.ClH/c1-14(15-6-5-9-19-11-15)10-18(24)20-12-17-22-21-13-23(17)16-7-3-2-4-8-16;/h2-4,7-8,13-15,19H,5-6,9-12H2,1H3,(H,20,24);1H. The molecule has 1 amide bonds. The number of carbonyl (C=O) groups excluding carboxylic acids is 1. The lowest BCUT2D eigenvalue weighted by molar-refractivity contribution is -0.122. The molecule has 1 aromatic heterocycles. The number of carbonyl (C=O) groups is 1. The van der Waals surface area contributed by atoms with Crippen LogP contribution in [0.1, 0.15) is 32.0 Å². The number of para-hydroxylation sites is 1. The maximum absolute atomic E-state index is 12.3. The van der Waals surface area contributed by atoms with Crippen molar-refractivity contribution < 1.29 is 4.79 Å². The average molecular weight is 364 g/mol. The van der Waals surface area contributed by atoms with E-state index in [0.29, 0.717) is 24.8 Å². The first kappa shape index (κ1) is 19.4. The average Bonchev–Trinajstić information content (AvgIpc) is 3.10. The minimum absolute atomic E-state index is 0. The molecule has 1 aliphatic rings. The van der Waals surface area contributed by atoms with Gasteiger partial charge in [0.25, 0.3) is 0 Å². The summed E-state index contributed by atoms with van der Waals surface area (Å²) in [5.74, 6) is 1.81. The Balaban J connectivity index is 0.00000225. The van der Waals surface area contributed by atoms with Gasteiger partial charge in [0.2, 0.25) is 5.91 Å². The third-order valence-corrected chi connectivity index (χ3v) is 4.74. The van der Waals surface area contributed by atoms with Crippen LogP contribution in [0, 0.1) is 11.8 Å². The molecule has 0 bridgehead atoms. The van der Waals surface area contributed by atoms with Gasteiger partial charge in [-0.3, -0.25) is 9.36 Å². The number of hydrogen-bond donors (Lipinski definition) is 2. The van der Waals surface area contributed by atoms with Gasteiger partial charge in [0.15, 0.2) is 5.82 Å². The molecule has 0 spiro atoms. The van der Waals surface area contributed by atoms with Gasteiger partial charge in [-0.2, -0.15) is 0 Å². The Morgan fingerprint density at radius 1 is 1.40 bits per heavy atom. The number of amides is 1. The summed E-state index contributed by atoms with van der Waals surface area (Å²) >= 11 is 0. The summed E-state index contributed by atoms with van der Waals surface area (Å²) < 4.78 is 1.90. The third-order valence-electron chi connectivity index (χ3n) is 4.74. The maximum atomic E-state index is 12.3. The molecule has 1 aliphatic heterocycles. The van der Waals surface area contributed by atoms with Crippen LogP contribution >= 0.6 is 12.4 Å². The zero-order chi connectivity index (χ0) is 16.8. The van der Waals surface area contributed by atoms with Gasteiger partial charge in [0.05, 0.1) is 6.54 Å². The van der Waals surface area contributed by atoms with Crippen LogP contribution in [-0.4, -0.2) is 33.8 Å². The summed E-state index contributed by atoms with van der Waals surface area (Å²) in [5, 5.41) is 14.5. The molecule has 1 aromatic carbocycles. The lowest BCUT2D eigenvalue weighted by Crippen LogP contribution is -2.35. The number of piperidine rings is 1. The summed E-state index contributed by atoms with van der Waals surface area (Å²) in [6.45, 7) is 4.69. The first-order chi connectivity index (χ1) is 11.7. The first-order valence-electron chi connectivity index (χ1n) is 8.66. The van der Waals surface area contributed by atoms with Gasteiger partial charge in [-0.05, 0) is 49.9 Å². The fourth-order valence-corrected chi connectivity index (χ4v) is 3.26. The number of benzene rings is 1. The largest absolute Gasteiger partial charge is 0.349 e. The van der Waals surface area contributed by atoms with E-state index in [9.17, 15) is 4.79 Å². The van der Waals surface area contributed by atoms with Crippen LogP contribution in [-0.2, 0) is 11.3 Å². The van der Waals surface area contributed by atoms with E-state index in [1.165, 1.54) is 12.8 Å². The van der Waals surface area contributed by atoms with E-state index in [0.717, 1.165) is 24.6 Å². The number of nitrogens with zero attached hydrogens (tertiary/aromatic N) is 3. The second-order valence-corrected chi connectivity index (χ2v) is 6.52.